The standard InChI is InChI=1S/C13H18N2O5S/c1-8-3-4-10(7-9(8)2)21(19,20)15-11(13(17)18)5-6-12(14)16/h3-4,7,11,15H,5-6H2,1-2H3,(H2,14,16)(H,17,18). The number of sulfonamides is 1. The highest BCUT2D eigenvalue weighted by Gasteiger charge is 2.25. The molecule has 0 aliphatic rings. The van der Waals surface area contributed by atoms with E-state index >= 15 is 0 Å². The lowest BCUT2D eigenvalue weighted by Crippen LogP contribution is -2.41. The van der Waals surface area contributed by atoms with Gasteiger partial charge in [-0.05, 0) is 43.5 Å². The second-order valence-corrected chi connectivity index (χ2v) is 6.48. The van der Waals surface area contributed by atoms with Crippen LogP contribution in [0, 0.1) is 13.8 Å². The smallest absolute Gasteiger partial charge is 0.321 e. The maximum absolute atomic E-state index is 12.2. The lowest BCUT2D eigenvalue weighted by Gasteiger charge is -2.14. The molecule has 1 aromatic carbocycles. The van der Waals surface area contributed by atoms with Crippen LogP contribution in [0.15, 0.2) is 23.1 Å². The van der Waals surface area contributed by atoms with Gasteiger partial charge < -0.3 is 10.8 Å². The Hall–Kier alpha value is -1.93. The number of benzene rings is 1. The number of hydrogen-bond acceptors (Lipinski definition) is 4. The Labute approximate surface area is 123 Å². The highest BCUT2D eigenvalue weighted by molar-refractivity contribution is 7.89. The molecule has 0 spiro atoms. The zero-order chi connectivity index (χ0) is 16.2. The summed E-state index contributed by atoms with van der Waals surface area (Å²) in [7, 11) is -3.97. The van der Waals surface area contributed by atoms with Crippen molar-refractivity contribution in [3.05, 3.63) is 29.3 Å². The molecule has 0 aliphatic heterocycles. The van der Waals surface area contributed by atoms with Gasteiger partial charge in [-0.25, -0.2) is 8.42 Å². The first-order valence-corrected chi connectivity index (χ1v) is 7.72. The number of hydrogen-bond donors (Lipinski definition) is 3. The van der Waals surface area contributed by atoms with E-state index in [9.17, 15) is 18.0 Å². The molecule has 1 unspecified atom stereocenters. The molecule has 0 radical (unpaired) electrons. The van der Waals surface area contributed by atoms with Crippen LogP contribution in [0.3, 0.4) is 0 Å². The van der Waals surface area contributed by atoms with Gasteiger partial charge in [-0.3, -0.25) is 9.59 Å². The molecule has 1 rings (SSSR count). The molecule has 1 atom stereocenters. The van der Waals surface area contributed by atoms with E-state index in [0.717, 1.165) is 11.1 Å². The normalized spacial score (nSPS) is 12.9. The minimum atomic E-state index is -3.97. The first-order valence-electron chi connectivity index (χ1n) is 6.24. The van der Waals surface area contributed by atoms with Crippen molar-refractivity contribution in [2.24, 2.45) is 5.73 Å². The molecule has 0 aliphatic carbocycles. The summed E-state index contributed by atoms with van der Waals surface area (Å²) in [6, 6.07) is 3.11. The van der Waals surface area contributed by atoms with E-state index < -0.39 is 27.9 Å². The molecule has 1 aromatic rings. The number of nitrogens with one attached hydrogen (secondary N) is 1. The monoisotopic (exact) mass is 314 g/mol. The first kappa shape index (κ1) is 17.1. The van der Waals surface area contributed by atoms with Crippen LogP contribution in [-0.2, 0) is 19.6 Å². The fourth-order valence-electron chi connectivity index (χ4n) is 1.66. The van der Waals surface area contributed by atoms with E-state index in [0.29, 0.717) is 0 Å². The van der Waals surface area contributed by atoms with Gasteiger partial charge in [-0.15, -0.1) is 0 Å². The van der Waals surface area contributed by atoms with Gasteiger partial charge in [0.15, 0.2) is 0 Å². The number of primary amides is 1. The summed E-state index contributed by atoms with van der Waals surface area (Å²) in [4.78, 5) is 21.7. The number of carboxylic acids is 1. The maximum atomic E-state index is 12.2. The van der Waals surface area contributed by atoms with Gasteiger partial charge in [0.25, 0.3) is 0 Å². The van der Waals surface area contributed by atoms with Crippen LogP contribution in [0.2, 0.25) is 0 Å². The molecule has 21 heavy (non-hydrogen) atoms. The number of rotatable bonds is 7. The minimum absolute atomic E-state index is 0.0177. The molecule has 1 amide bonds. The third kappa shape index (κ3) is 4.83. The molecule has 0 saturated heterocycles. The van der Waals surface area contributed by atoms with E-state index in [2.05, 4.69) is 4.72 Å². The average molecular weight is 314 g/mol. The number of amides is 1. The topological polar surface area (TPSA) is 127 Å². The van der Waals surface area contributed by atoms with Crippen LogP contribution in [0.1, 0.15) is 24.0 Å². The fourth-order valence-corrected chi connectivity index (χ4v) is 2.96. The van der Waals surface area contributed by atoms with Crippen LogP contribution in [0.4, 0.5) is 0 Å². The lowest BCUT2D eigenvalue weighted by atomic mass is 10.1. The first-order chi connectivity index (χ1) is 9.63. The zero-order valence-electron chi connectivity index (χ0n) is 11.8. The van der Waals surface area contributed by atoms with Crippen LogP contribution in [0.25, 0.3) is 0 Å². The second kappa shape index (κ2) is 6.68. The van der Waals surface area contributed by atoms with Crippen molar-refractivity contribution in [3.8, 4) is 0 Å². The van der Waals surface area contributed by atoms with Crippen molar-refractivity contribution in [2.75, 3.05) is 0 Å². The van der Waals surface area contributed by atoms with Crippen molar-refractivity contribution in [1.29, 1.82) is 0 Å². The van der Waals surface area contributed by atoms with Crippen molar-refractivity contribution in [2.45, 2.75) is 37.6 Å². The molecule has 0 bridgehead atoms. The lowest BCUT2D eigenvalue weighted by molar-refractivity contribution is -0.139. The second-order valence-electron chi connectivity index (χ2n) is 4.76. The Kier molecular flexibility index (Phi) is 5.45. The third-order valence-electron chi connectivity index (χ3n) is 3.06. The van der Waals surface area contributed by atoms with Gasteiger partial charge in [-0.2, -0.15) is 4.72 Å². The molecule has 0 saturated carbocycles. The highest BCUT2D eigenvalue weighted by atomic mass is 32.2. The van der Waals surface area contributed by atoms with Gasteiger partial charge in [0.05, 0.1) is 4.90 Å². The molecular formula is C13H18N2O5S. The summed E-state index contributed by atoms with van der Waals surface area (Å²) in [5.41, 5.74) is 6.65. The van der Waals surface area contributed by atoms with E-state index in [1.807, 2.05) is 6.92 Å². The Bertz CT molecular complexity index is 655. The predicted molar refractivity (Wildman–Crippen MR) is 76.1 cm³/mol. The van der Waals surface area contributed by atoms with Crippen LogP contribution in [0.5, 0.6) is 0 Å². The largest absolute Gasteiger partial charge is 0.480 e. The number of carbonyl (C=O) groups is 2. The van der Waals surface area contributed by atoms with Crippen LogP contribution in [-0.4, -0.2) is 31.4 Å². The van der Waals surface area contributed by atoms with E-state index in [1.165, 1.54) is 12.1 Å². The van der Waals surface area contributed by atoms with Crippen molar-refractivity contribution in [3.63, 3.8) is 0 Å². The number of carboxylic acid groups (broad SMARTS) is 1. The van der Waals surface area contributed by atoms with Gasteiger partial charge in [0.2, 0.25) is 15.9 Å². The number of aryl methyl sites for hydroxylation is 2. The van der Waals surface area contributed by atoms with Crippen molar-refractivity contribution in [1.82, 2.24) is 4.72 Å². The highest BCUT2D eigenvalue weighted by Crippen LogP contribution is 2.15. The Balaban J connectivity index is 2.97. The summed E-state index contributed by atoms with van der Waals surface area (Å²) in [6.45, 7) is 3.60. The SMILES string of the molecule is Cc1ccc(S(=O)(=O)NC(CCC(N)=O)C(=O)O)cc1C. The number of nitrogens with two attached hydrogens (primary N) is 1. The quantitative estimate of drug-likeness (QED) is 0.667. The maximum Gasteiger partial charge on any atom is 0.321 e. The van der Waals surface area contributed by atoms with E-state index in [1.54, 1.807) is 13.0 Å². The predicted octanol–water partition coefficient (Wildman–Crippen LogP) is 0.300. The Morgan fingerprint density at radius 1 is 1.29 bits per heavy atom. The number of carbonyl (C=O) groups excluding carboxylic acids is 1. The molecule has 8 heteroatoms. The molecule has 0 fully saturated rings. The van der Waals surface area contributed by atoms with E-state index in [4.69, 9.17) is 10.8 Å². The summed E-state index contributed by atoms with van der Waals surface area (Å²) in [6.07, 6.45) is -0.416. The summed E-state index contributed by atoms with van der Waals surface area (Å²) < 4.78 is 26.4. The van der Waals surface area contributed by atoms with Crippen LogP contribution < -0.4 is 10.5 Å². The molecule has 4 N–H and O–H groups in total. The fraction of sp³-hybridized carbons (Fsp3) is 0.385. The molecule has 116 valence electrons. The van der Waals surface area contributed by atoms with Crippen LogP contribution >= 0.6 is 0 Å². The van der Waals surface area contributed by atoms with Gasteiger partial charge in [0.1, 0.15) is 6.04 Å². The van der Waals surface area contributed by atoms with Gasteiger partial charge in [-0.1, -0.05) is 6.07 Å². The summed E-state index contributed by atoms with van der Waals surface area (Å²) in [5.74, 6) is -2.05. The zero-order valence-corrected chi connectivity index (χ0v) is 12.6. The Morgan fingerprint density at radius 3 is 2.38 bits per heavy atom. The van der Waals surface area contributed by atoms with Gasteiger partial charge >= 0.3 is 5.97 Å². The molecule has 0 aromatic heterocycles. The Morgan fingerprint density at radius 2 is 1.90 bits per heavy atom. The molecular weight excluding hydrogens is 296 g/mol. The average Bonchev–Trinajstić information content (AvgIpc) is 2.37. The van der Waals surface area contributed by atoms with Gasteiger partial charge in [0, 0.05) is 6.42 Å². The molecule has 0 heterocycles. The molecule has 7 nitrogen and oxygen atoms in total. The minimum Gasteiger partial charge on any atom is -0.480 e. The van der Waals surface area contributed by atoms with E-state index in [-0.39, 0.29) is 17.7 Å². The van der Waals surface area contributed by atoms with Crippen molar-refractivity contribution >= 4 is 21.9 Å². The summed E-state index contributed by atoms with van der Waals surface area (Å²) in [5, 5.41) is 9.02. The van der Waals surface area contributed by atoms with Crippen molar-refractivity contribution < 1.29 is 23.1 Å². The summed E-state index contributed by atoms with van der Waals surface area (Å²) >= 11 is 0. The number of aliphatic carboxylic acids is 1. The third-order valence-corrected chi connectivity index (χ3v) is 4.53.